The number of hydrogen-bond donors (Lipinski definition) is 1. The molecule has 0 aromatic carbocycles. The van der Waals surface area contributed by atoms with E-state index in [-0.39, 0.29) is 18.5 Å². The maximum absolute atomic E-state index is 12.3. The summed E-state index contributed by atoms with van der Waals surface area (Å²) >= 11 is 0. The van der Waals surface area contributed by atoms with Crippen LogP contribution in [0.3, 0.4) is 0 Å². The quantitative estimate of drug-likeness (QED) is 0.170. The zero-order chi connectivity index (χ0) is 23.9. The van der Waals surface area contributed by atoms with Gasteiger partial charge in [0.1, 0.15) is 0 Å². The van der Waals surface area contributed by atoms with Crippen molar-refractivity contribution in [1.29, 1.82) is 0 Å². The molecule has 0 rings (SSSR count). The van der Waals surface area contributed by atoms with E-state index in [9.17, 15) is 14.7 Å². The Bertz CT molecular complexity index is 446. The third-order valence-corrected chi connectivity index (χ3v) is 6.14. The first-order valence-corrected chi connectivity index (χ1v) is 13.2. The molecule has 0 aliphatic heterocycles. The van der Waals surface area contributed by atoms with Crippen LogP contribution < -0.4 is 0 Å². The van der Waals surface area contributed by atoms with Crippen molar-refractivity contribution < 1.29 is 19.4 Å². The Morgan fingerprint density at radius 1 is 0.688 bits per heavy atom. The van der Waals surface area contributed by atoms with Gasteiger partial charge in [-0.3, -0.25) is 9.59 Å². The highest BCUT2D eigenvalue weighted by atomic mass is 16.5. The first kappa shape index (κ1) is 30.9. The number of aliphatic hydroxyl groups is 1. The summed E-state index contributed by atoms with van der Waals surface area (Å²) < 4.78 is 4.66. The summed E-state index contributed by atoms with van der Waals surface area (Å²) in [6.07, 6.45) is 17.2. The van der Waals surface area contributed by atoms with Crippen LogP contribution in [-0.2, 0) is 14.3 Å². The Hall–Kier alpha value is -1.14. The van der Waals surface area contributed by atoms with Crippen LogP contribution in [-0.4, -0.2) is 73.7 Å². The minimum atomic E-state index is -0.120. The largest absolute Gasteiger partial charge is 0.469 e. The van der Waals surface area contributed by atoms with Gasteiger partial charge in [-0.25, -0.2) is 0 Å². The smallest absolute Gasteiger partial charge is 0.305 e. The number of carbonyl (C=O) groups excluding carboxylic acids is 2. The van der Waals surface area contributed by atoms with Crippen LogP contribution in [0.4, 0.5) is 0 Å². The molecular formula is C26H52N2O4. The van der Waals surface area contributed by atoms with Gasteiger partial charge in [-0.15, -0.1) is 0 Å². The van der Waals surface area contributed by atoms with Crippen LogP contribution in [0, 0.1) is 0 Å². The van der Waals surface area contributed by atoms with Gasteiger partial charge in [0, 0.05) is 33.0 Å². The molecule has 0 aliphatic rings. The van der Waals surface area contributed by atoms with E-state index in [2.05, 4.69) is 16.6 Å². The summed E-state index contributed by atoms with van der Waals surface area (Å²) in [5.41, 5.74) is 0. The van der Waals surface area contributed by atoms with Crippen molar-refractivity contribution in [1.82, 2.24) is 9.80 Å². The molecular weight excluding hydrogens is 404 g/mol. The van der Waals surface area contributed by atoms with Gasteiger partial charge in [0.25, 0.3) is 0 Å². The van der Waals surface area contributed by atoms with E-state index < -0.39 is 0 Å². The molecule has 0 unspecified atom stereocenters. The molecule has 0 spiro atoms. The van der Waals surface area contributed by atoms with Crippen molar-refractivity contribution in [2.45, 2.75) is 110 Å². The Balaban J connectivity index is 3.72. The SMILES string of the molecule is CCCCCCCCN(C)C(=O)CCCCCN(CCO)CCCCCCCC(=O)OC. The highest BCUT2D eigenvalue weighted by Gasteiger charge is 2.09. The van der Waals surface area contributed by atoms with E-state index in [1.807, 2.05) is 11.9 Å². The van der Waals surface area contributed by atoms with Crippen molar-refractivity contribution in [3.05, 3.63) is 0 Å². The average molecular weight is 457 g/mol. The van der Waals surface area contributed by atoms with Crippen LogP contribution in [0.1, 0.15) is 110 Å². The average Bonchev–Trinajstić information content (AvgIpc) is 2.79. The molecule has 0 saturated carbocycles. The molecule has 32 heavy (non-hydrogen) atoms. The molecule has 0 aromatic rings. The molecule has 6 heteroatoms. The van der Waals surface area contributed by atoms with Crippen molar-refractivity contribution in [3.63, 3.8) is 0 Å². The first-order valence-electron chi connectivity index (χ1n) is 13.2. The lowest BCUT2D eigenvalue weighted by atomic mass is 10.1. The Labute approximate surface area is 198 Å². The Morgan fingerprint density at radius 3 is 1.78 bits per heavy atom. The third-order valence-electron chi connectivity index (χ3n) is 6.14. The number of ether oxygens (including phenoxy) is 1. The van der Waals surface area contributed by atoms with Gasteiger partial charge in [-0.05, 0) is 45.2 Å². The summed E-state index contributed by atoms with van der Waals surface area (Å²) in [4.78, 5) is 27.6. The molecule has 0 radical (unpaired) electrons. The Kier molecular flexibility index (Phi) is 22.2. The van der Waals surface area contributed by atoms with Gasteiger partial charge in [0.15, 0.2) is 0 Å². The van der Waals surface area contributed by atoms with Crippen LogP contribution in [0.25, 0.3) is 0 Å². The lowest BCUT2D eigenvalue weighted by molar-refractivity contribution is -0.140. The van der Waals surface area contributed by atoms with Gasteiger partial charge < -0.3 is 19.6 Å². The van der Waals surface area contributed by atoms with E-state index in [1.165, 1.54) is 39.2 Å². The second-order valence-corrected chi connectivity index (χ2v) is 9.05. The fourth-order valence-corrected chi connectivity index (χ4v) is 3.95. The highest BCUT2D eigenvalue weighted by Crippen LogP contribution is 2.10. The fraction of sp³-hybridized carbons (Fsp3) is 0.923. The number of hydrogen-bond acceptors (Lipinski definition) is 5. The molecule has 0 aliphatic carbocycles. The molecule has 0 fully saturated rings. The minimum absolute atomic E-state index is 0.120. The van der Waals surface area contributed by atoms with E-state index in [0.717, 1.165) is 84.0 Å². The van der Waals surface area contributed by atoms with Crippen LogP contribution in [0.15, 0.2) is 0 Å². The summed E-state index contributed by atoms with van der Waals surface area (Å²) in [5.74, 6) is 0.156. The van der Waals surface area contributed by atoms with Gasteiger partial charge >= 0.3 is 5.97 Å². The summed E-state index contributed by atoms with van der Waals surface area (Å²) in [5, 5.41) is 9.32. The number of nitrogens with zero attached hydrogens (tertiary/aromatic N) is 2. The molecule has 0 aromatic heterocycles. The number of rotatable bonds is 23. The lowest BCUT2D eigenvalue weighted by Gasteiger charge is -2.21. The highest BCUT2D eigenvalue weighted by molar-refractivity contribution is 5.75. The van der Waals surface area contributed by atoms with Crippen LogP contribution >= 0.6 is 0 Å². The summed E-state index contributed by atoms with van der Waals surface area (Å²) in [7, 11) is 3.37. The monoisotopic (exact) mass is 456 g/mol. The van der Waals surface area contributed by atoms with Crippen LogP contribution in [0.5, 0.6) is 0 Å². The molecule has 6 nitrogen and oxygen atoms in total. The Morgan fingerprint density at radius 2 is 1.19 bits per heavy atom. The number of esters is 1. The minimum Gasteiger partial charge on any atom is -0.469 e. The number of methoxy groups -OCH3 is 1. The van der Waals surface area contributed by atoms with Crippen LogP contribution in [0.2, 0.25) is 0 Å². The van der Waals surface area contributed by atoms with E-state index in [0.29, 0.717) is 12.8 Å². The maximum atomic E-state index is 12.3. The van der Waals surface area contributed by atoms with E-state index in [1.54, 1.807) is 0 Å². The normalized spacial score (nSPS) is 11.2. The summed E-state index contributed by atoms with van der Waals surface area (Å²) in [6.45, 7) is 6.04. The lowest BCUT2D eigenvalue weighted by Crippen LogP contribution is -2.29. The molecule has 0 saturated heterocycles. The number of amides is 1. The fourth-order valence-electron chi connectivity index (χ4n) is 3.95. The molecule has 0 atom stereocenters. The maximum Gasteiger partial charge on any atom is 0.305 e. The number of unbranched alkanes of at least 4 members (excludes halogenated alkanes) is 11. The second kappa shape index (κ2) is 23.0. The predicted molar refractivity (Wildman–Crippen MR) is 133 cm³/mol. The first-order chi connectivity index (χ1) is 15.5. The van der Waals surface area contributed by atoms with Gasteiger partial charge in [-0.1, -0.05) is 64.7 Å². The topological polar surface area (TPSA) is 70.1 Å². The second-order valence-electron chi connectivity index (χ2n) is 9.05. The van der Waals surface area contributed by atoms with Gasteiger partial charge in [-0.2, -0.15) is 0 Å². The molecule has 0 bridgehead atoms. The number of aliphatic hydroxyl groups excluding tert-OH is 1. The van der Waals surface area contributed by atoms with E-state index >= 15 is 0 Å². The van der Waals surface area contributed by atoms with Crippen molar-refractivity contribution >= 4 is 11.9 Å². The molecule has 1 N–H and O–H groups in total. The number of carbonyl (C=O) groups is 2. The molecule has 0 heterocycles. The van der Waals surface area contributed by atoms with Crippen molar-refractivity contribution in [3.8, 4) is 0 Å². The predicted octanol–water partition coefficient (Wildman–Crippen LogP) is 5.17. The summed E-state index contributed by atoms with van der Waals surface area (Å²) in [6, 6.07) is 0. The molecule has 1 amide bonds. The van der Waals surface area contributed by atoms with E-state index in [4.69, 9.17) is 0 Å². The van der Waals surface area contributed by atoms with Gasteiger partial charge in [0.05, 0.1) is 13.7 Å². The molecule has 190 valence electrons. The van der Waals surface area contributed by atoms with Crippen molar-refractivity contribution in [2.24, 2.45) is 0 Å². The van der Waals surface area contributed by atoms with Gasteiger partial charge in [0.2, 0.25) is 5.91 Å². The standard InChI is InChI=1S/C26H52N2O4/c1-4-5-6-7-10-15-20-27(2)25(30)18-13-12-17-22-28(23-24-29)21-16-11-8-9-14-19-26(31)32-3/h29H,4-24H2,1-3H3. The van der Waals surface area contributed by atoms with Crippen molar-refractivity contribution in [2.75, 3.05) is 46.9 Å². The zero-order valence-corrected chi connectivity index (χ0v) is 21.4. The third kappa shape index (κ3) is 19.5. The zero-order valence-electron chi connectivity index (χ0n) is 21.4.